The lowest BCUT2D eigenvalue weighted by atomic mass is 10.4. The smallest absolute Gasteiger partial charge is 0.229 e. The predicted molar refractivity (Wildman–Crippen MR) is 70.9 cm³/mol. The SMILES string of the molecule is CC(=O)SC1CC(=O)N(c2ncc(F)cc2Br)C1. The number of carbonyl (C=O) groups excluding carboxylic acids is 2. The fourth-order valence-electron chi connectivity index (χ4n) is 1.80. The van der Waals surface area contributed by atoms with Gasteiger partial charge in [0, 0.05) is 25.1 Å². The van der Waals surface area contributed by atoms with Crippen molar-refractivity contribution in [1.82, 2.24) is 4.98 Å². The van der Waals surface area contributed by atoms with Crippen molar-refractivity contribution < 1.29 is 14.0 Å². The molecule has 1 aromatic heterocycles. The molecule has 2 heterocycles. The molecule has 0 bridgehead atoms. The molecular weight excluding hydrogens is 323 g/mol. The normalized spacial score (nSPS) is 19.4. The van der Waals surface area contributed by atoms with Crippen LogP contribution in [0.1, 0.15) is 13.3 Å². The van der Waals surface area contributed by atoms with Gasteiger partial charge in [-0.2, -0.15) is 0 Å². The summed E-state index contributed by atoms with van der Waals surface area (Å²) in [4.78, 5) is 28.3. The summed E-state index contributed by atoms with van der Waals surface area (Å²) in [6.45, 7) is 1.89. The molecule has 1 amide bonds. The van der Waals surface area contributed by atoms with Crippen LogP contribution in [-0.2, 0) is 9.59 Å². The van der Waals surface area contributed by atoms with E-state index in [9.17, 15) is 14.0 Å². The van der Waals surface area contributed by atoms with Crippen molar-refractivity contribution >= 4 is 44.5 Å². The van der Waals surface area contributed by atoms with E-state index in [1.807, 2.05) is 0 Å². The van der Waals surface area contributed by atoms with E-state index in [0.717, 1.165) is 18.0 Å². The van der Waals surface area contributed by atoms with Gasteiger partial charge in [0.25, 0.3) is 0 Å². The Morgan fingerprint density at radius 1 is 1.67 bits per heavy atom. The zero-order valence-electron chi connectivity index (χ0n) is 9.52. The van der Waals surface area contributed by atoms with Crippen LogP contribution in [-0.4, -0.2) is 27.8 Å². The number of nitrogens with zero attached hydrogens (tertiary/aromatic N) is 2. The molecule has 0 saturated carbocycles. The summed E-state index contributed by atoms with van der Waals surface area (Å²) < 4.78 is 13.4. The minimum absolute atomic E-state index is 0.0132. The van der Waals surface area contributed by atoms with Gasteiger partial charge in [-0.05, 0) is 22.0 Å². The zero-order valence-corrected chi connectivity index (χ0v) is 11.9. The van der Waals surface area contributed by atoms with Gasteiger partial charge in [-0.25, -0.2) is 9.37 Å². The van der Waals surface area contributed by atoms with E-state index in [0.29, 0.717) is 23.3 Å². The molecule has 1 unspecified atom stereocenters. The summed E-state index contributed by atoms with van der Waals surface area (Å²) in [5.41, 5.74) is 0. The second-order valence-corrected chi connectivity index (χ2v) is 6.23. The molecule has 7 heteroatoms. The topological polar surface area (TPSA) is 50.3 Å². The highest BCUT2D eigenvalue weighted by Gasteiger charge is 2.33. The second kappa shape index (κ2) is 5.36. The molecule has 0 N–H and O–H groups in total. The molecule has 0 aliphatic carbocycles. The number of pyridine rings is 1. The molecule has 0 spiro atoms. The Balaban J connectivity index is 2.19. The molecule has 1 atom stereocenters. The lowest BCUT2D eigenvalue weighted by molar-refractivity contribution is -0.117. The fraction of sp³-hybridized carbons (Fsp3) is 0.364. The van der Waals surface area contributed by atoms with Crippen molar-refractivity contribution in [3.8, 4) is 0 Å². The molecular formula is C11H10BrFN2O2S. The number of hydrogen-bond acceptors (Lipinski definition) is 4. The van der Waals surface area contributed by atoms with Crippen LogP contribution in [0.15, 0.2) is 16.7 Å². The first-order chi connectivity index (χ1) is 8.47. The summed E-state index contributed by atoms with van der Waals surface area (Å²) >= 11 is 4.34. The third-order valence-electron chi connectivity index (χ3n) is 2.47. The highest BCUT2D eigenvalue weighted by molar-refractivity contribution is 9.10. The summed E-state index contributed by atoms with van der Waals surface area (Å²) in [7, 11) is 0. The Labute approximate surface area is 116 Å². The molecule has 4 nitrogen and oxygen atoms in total. The third kappa shape index (κ3) is 2.89. The third-order valence-corrected chi connectivity index (χ3v) is 4.03. The molecule has 1 aromatic rings. The van der Waals surface area contributed by atoms with Gasteiger partial charge in [-0.1, -0.05) is 11.8 Å². The summed E-state index contributed by atoms with van der Waals surface area (Å²) in [6.07, 6.45) is 1.37. The Bertz CT molecular complexity index is 512. The maximum absolute atomic E-state index is 12.9. The average Bonchev–Trinajstić information content (AvgIpc) is 2.58. The van der Waals surface area contributed by atoms with Crippen molar-refractivity contribution in [3.63, 3.8) is 0 Å². The van der Waals surface area contributed by atoms with Gasteiger partial charge in [-0.3, -0.25) is 14.5 Å². The van der Waals surface area contributed by atoms with Crippen LogP contribution in [0.5, 0.6) is 0 Å². The van der Waals surface area contributed by atoms with E-state index in [1.165, 1.54) is 17.9 Å². The van der Waals surface area contributed by atoms with E-state index in [4.69, 9.17) is 0 Å². The van der Waals surface area contributed by atoms with Gasteiger partial charge in [0.05, 0.1) is 10.7 Å². The monoisotopic (exact) mass is 332 g/mol. The minimum atomic E-state index is -0.466. The summed E-state index contributed by atoms with van der Waals surface area (Å²) in [6, 6.07) is 1.26. The van der Waals surface area contributed by atoms with Crippen molar-refractivity contribution in [2.45, 2.75) is 18.6 Å². The van der Waals surface area contributed by atoms with Gasteiger partial charge in [-0.15, -0.1) is 0 Å². The number of anilines is 1. The lowest BCUT2D eigenvalue weighted by Gasteiger charge is -2.16. The minimum Gasteiger partial charge on any atom is -0.295 e. The molecule has 2 rings (SSSR count). The fourth-order valence-corrected chi connectivity index (χ4v) is 3.25. The maximum Gasteiger partial charge on any atom is 0.229 e. The van der Waals surface area contributed by atoms with Crippen LogP contribution in [0.4, 0.5) is 10.2 Å². The number of rotatable bonds is 2. The Kier molecular flexibility index (Phi) is 4.01. The van der Waals surface area contributed by atoms with Crippen LogP contribution in [0.25, 0.3) is 0 Å². The number of thioether (sulfide) groups is 1. The van der Waals surface area contributed by atoms with Crippen LogP contribution >= 0.6 is 27.7 Å². The molecule has 0 radical (unpaired) electrons. The van der Waals surface area contributed by atoms with E-state index in [1.54, 1.807) is 0 Å². The van der Waals surface area contributed by atoms with Crippen LogP contribution in [0.3, 0.4) is 0 Å². The quantitative estimate of drug-likeness (QED) is 0.834. The standard InChI is InChI=1S/C11H10BrFN2O2S/c1-6(16)18-8-3-10(17)15(5-8)11-9(12)2-7(13)4-14-11/h2,4,8H,3,5H2,1H3. The highest BCUT2D eigenvalue weighted by atomic mass is 79.9. The Morgan fingerprint density at radius 2 is 2.39 bits per heavy atom. The number of carbonyl (C=O) groups is 2. The number of hydrogen-bond donors (Lipinski definition) is 0. The van der Waals surface area contributed by atoms with Gasteiger partial charge in [0.2, 0.25) is 5.91 Å². The zero-order chi connectivity index (χ0) is 13.3. The summed E-state index contributed by atoms with van der Waals surface area (Å²) in [5.74, 6) is -0.173. The van der Waals surface area contributed by atoms with Crippen LogP contribution < -0.4 is 4.90 Å². The Morgan fingerprint density at radius 3 is 3.00 bits per heavy atom. The molecule has 18 heavy (non-hydrogen) atoms. The molecule has 0 aromatic carbocycles. The first-order valence-corrected chi connectivity index (χ1v) is 6.93. The second-order valence-electron chi connectivity index (χ2n) is 3.90. The van der Waals surface area contributed by atoms with Crippen molar-refractivity contribution in [2.24, 2.45) is 0 Å². The molecule has 1 aliphatic rings. The first-order valence-electron chi connectivity index (χ1n) is 5.26. The molecule has 1 aliphatic heterocycles. The molecule has 96 valence electrons. The van der Waals surface area contributed by atoms with Crippen molar-refractivity contribution in [3.05, 3.63) is 22.6 Å². The molecule has 1 fully saturated rings. The van der Waals surface area contributed by atoms with Gasteiger partial charge < -0.3 is 0 Å². The largest absolute Gasteiger partial charge is 0.295 e. The average molecular weight is 333 g/mol. The number of amides is 1. The van der Waals surface area contributed by atoms with Gasteiger partial charge in [0.1, 0.15) is 11.6 Å². The summed E-state index contributed by atoms with van der Waals surface area (Å²) in [5, 5.41) is -0.0745. The Hall–Kier alpha value is -0.950. The van der Waals surface area contributed by atoms with E-state index >= 15 is 0 Å². The lowest BCUT2D eigenvalue weighted by Crippen LogP contribution is -2.26. The number of aromatic nitrogens is 1. The van der Waals surface area contributed by atoms with Crippen molar-refractivity contribution in [2.75, 3.05) is 11.4 Å². The number of halogens is 2. The molecule has 1 saturated heterocycles. The van der Waals surface area contributed by atoms with E-state index < -0.39 is 5.82 Å². The van der Waals surface area contributed by atoms with Gasteiger partial charge >= 0.3 is 0 Å². The van der Waals surface area contributed by atoms with E-state index in [-0.39, 0.29) is 16.3 Å². The van der Waals surface area contributed by atoms with Crippen LogP contribution in [0, 0.1) is 5.82 Å². The van der Waals surface area contributed by atoms with E-state index in [2.05, 4.69) is 20.9 Å². The van der Waals surface area contributed by atoms with Crippen LogP contribution in [0.2, 0.25) is 0 Å². The highest BCUT2D eigenvalue weighted by Crippen LogP contribution is 2.31. The van der Waals surface area contributed by atoms with Gasteiger partial charge in [0.15, 0.2) is 5.12 Å². The maximum atomic E-state index is 12.9. The predicted octanol–water partition coefficient (Wildman–Crippen LogP) is 2.37. The van der Waals surface area contributed by atoms with Crippen molar-refractivity contribution in [1.29, 1.82) is 0 Å². The first kappa shape index (κ1) is 13.5.